The van der Waals surface area contributed by atoms with Gasteiger partial charge in [0, 0.05) is 18.9 Å². The quantitative estimate of drug-likeness (QED) is 0.495. The summed E-state index contributed by atoms with van der Waals surface area (Å²) < 4.78 is 10.8. The SMILES string of the molecule is COCCOC1=C(C)C(CCCl)CC(CCCl)=C1. The summed E-state index contributed by atoms with van der Waals surface area (Å²) in [6, 6.07) is 0. The first-order chi connectivity index (χ1) is 8.72. The van der Waals surface area contributed by atoms with Gasteiger partial charge in [0.1, 0.15) is 12.4 Å². The van der Waals surface area contributed by atoms with Crippen LogP contribution in [0.2, 0.25) is 0 Å². The van der Waals surface area contributed by atoms with Gasteiger partial charge in [-0.1, -0.05) is 5.57 Å². The lowest BCUT2D eigenvalue weighted by atomic mass is 9.84. The third-order valence-corrected chi connectivity index (χ3v) is 3.67. The predicted octanol–water partition coefficient (Wildman–Crippen LogP) is 4.13. The highest BCUT2D eigenvalue weighted by molar-refractivity contribution is 6.18. The first-order valence-corrected chi connectivity index (χ1v) is 7.43. The van der Waals surface area contributed by atoms with Gasteiger partial charge in [0.2, 0.25) is 0 Å². The van der Waals surface area contributed by atoms with Crippen molar-refractivity contribution in [3.05, 3.63) is 23.0 Å². The van der Waals surface area contributed by atoms with Crippen LogP contribution in [0.1, 0.15) is 26.2 Å². The maximum atomic E-state index is 5.87. The molecule has 0 spiro atoms. The third kappa shape index (κ3) is 4.83. The molecule has 0 N–H and O–H groups in total. The summed E-state index contributed by atoms with van der Waals surface area (Å²) in [4.78, 5) is 0. The normalized spacial score (nSPS) is 20.0. The van der Waals surface area contributed by atoms with Gasteiger partial charge in [0.05, 0.1) is 6.61 Å². The van der Waals surface area contributed by atoms with Crippen molar-refractivity contribution in [3.8, 4) is 0 Å². The lowest BCUT2D eigenvalue weighted by Gasteiger charge is -2.26. The molecule has 1 atom stereocenters. The summed E-state index contributed by atoms with van der Waals surface area (Å²) in [5.41, 5.74) is 2.66. The summed E-state index contributed by atoms with van der Waals surface area (Å²) in [6.07, 6.45) is 5.11. The lowest BCUT2D eigenvalue weighted by molar-refractivity contribution is 0.111. The van der Waals surface area contributed by atoms with Crippen LogP contribution in [0.25, 0.3) is 0 Å². The van der Waals surface area contributed by atoms with Crippen LogP contribution in [0, 0.1) is 5.92 Å². The summed E-state index contributed by atoms with van der Waals surface area (Å²) in [6.45, 7) is 3.32. The standard InChI is InChI=1S/C14H22Cl2O2/c1-11-13(4-6-16)9-12(3-5-15)10-14(11)18-8-7-17-2/h10,13H,3-9H2,1-2H3. The zero-order chi connectivity index (χ0) is 13.4. The molecule has 1 unspecified atom stereocenters. The van der Waals surface area contributed by atoms with Crippen LogP contribution in [-0.2, 0) is 9.47 Å². The molecule has 0 aromatic rings. The third-order valence-electron chi connectivity index (χ3n) is 3.26. The van der Waals surface area contributed by atoms with E-state index in [9.17, 15) is 0 Å². The van der Waals surface area contributed by atoms with E-state index in [2.05, 4.69) is 13.0 Å². The molecular weight excluding hydrogens is 271 g/mol. The molecule has 18 heavy (non-hydrogen) atoms. The van der Waals surface area contributed by atoms with E-state index in [-0.39, 0.29) is 0 Å². The minimum absolute atomic E-state index is 0.489. The van der Waals surface area contributed by atoms with E-state index in [1.807, 2.05) is 0 Å². The lowest BCUT2D eigenvalue weighted by Crippen LogP contribution is -2.14. The highest BCUT2D eigenvalue weighted by atomic mass is 35.5. The van der Waals surface area contributed by atoms with Crippen molar-refractivity contribution in [3.63, 3.8) is 0 Å². The Morgan fingerprint density at radius 1 is 1.28 bits per heavy atom. The molecule has 0 heterocycles. The fraction of sp³-hybridized carbons (Fsp3) is 0.714. The molecule has 0 aromatic heterocycles. The van der Waals surface area contributed by atoms with E-state index in [0.29, 0.717) is 30.9 Å². The first-order valence-electron chi connectivity index (χ1n) is 6.36. The summed E-state index contributed by atoms with van der Waals surface area (Å²) in [5, 5.41) is 0. The van der Waals surface area contributed by atoms with Crippen molar-refractivity contribution >= 4 is 23.2 Å². The number of ether oxygens (including phenoxy) is 2. The number of halogens is 2. The summed E-state index contributed by atoms with van der Waals surface area (Å²) >= 11 is 11.7. The van der Waals surface area contributed by atoms with Crippen molar-refractivity contribution in [2.45, 2.75) is 26.2 Å². The second-order valence-electron chi connectivity index (χ2n) is 4.51. The molecule has 0 saturated carbocycles. The fourth-order valence-corrected chi connectivity index (χ4v) is 2.67. The molecule has 1 aliphatic carbocycles. The van der Waals surface area contributed by atoms with Crippen molar-refractivity contribution < 1.29 is 9.47 Å². The number of rotatable bonds is 8. The van der Waals surface area contributed by atoms with E-state index in [4.69, 9.17) is 32.7 Å². The molecule has 0 aliphatic heterocycles. The maximum Gasteiger partial charge on any atom is 0.118 e. The van der Waals surface area contributed by atoms with Crippen molar-refractivity contribution in [2.24, 2.45) is 5.92 Å². The molecule has 2 nitrogen and oxygen atoms in total. The van der Waals surface area contributed by atoms with Crippen molar-refractivity contribution in [1.29, 1.82) is 0 Å². The zero-order valence-corrected chi connectivity index (χ0v) is 12.7. The first kappa shape index (κ1) is 15.9. The average Bonchev–Trinajstić information content (AvgIpc) is 2.35. The fourth-order valence-electron chi connectivity index (χ4n) is 2.17. The Kier molecular flexibility index (Phi) is 7.80. The Labute approximate surface area is 120 Å². The van der Waals surface area contributed by atoms with E-state index < -0.39 is 0 Å². The van der Waals surface area contributed by atoms with Crippen LogP contribution in [-0.4, -0.2) is 32.1 Å². The van der Waals surface area contributed by atoms with Crippen LogP contribution in [0.5, 0.6) is 0 Å². The van der Waals surface area contributed by atoms with Crippen LogP contribution < -0.4 is 0 Å². The van der Waals surface area contributed by atoms with Crippen molar-refractivity contribution in [1.82, 2.24) is 0 Å². The monoisotopic (exact) mass is 292 g/mol. The van der Waals surface area contributed by atoms with Gasteiger partial charge in [-0.2, -0.15) is 0 Å². The Hall–Kier alpha value is -0.180. The average molecular weight is 293 g/mol. The molecule has 0 saturated heterocycles. The van der Waals surface area contributed by atoms with E-state index in [1.54, 1.807) is 7.11 Å². The second kappa shape index (κ2) is 8.84. The van der Waals surface area contributed by atoms with Gasteiger partial charge in [0.25, 0.3) is 0 Å². The van der Waals surface area contributed by atoms with Gasteiger partial charge >= 0.3 is 0 Å². The van der Waals surface area contributed by atoms with Gasteiger partial charge in [0.15, 0.2) is 0 Å². The molecule has 0 bridgehead atoms. The van der Waals surface area contributed by atoms with Gasteiger partial charge < -0.3 is 9.47 Å². The van der Waals surface area contributed by atoms with E-state index >= 15 is 0 Å². The van der Waals surface area contributed by atoms with E-state index in [0.717, 1.165) is 25.0 Å². The molecule has 0 radical (unpaired) electrons. The van der Waals surface area contributed by atoms with Crippen LogP contribution in [0.3, 0.4) is 0 Å². The molecule has 4 heteroatoms. The Bertz CT molecular complexity index is 311. The van der Waals surface area contributed by atoms with Gasteiger partial charge in [-0.25, -0.2) is 0 Å². The predicted molar refractivity (Wildman–Crippen MR) is 77.4 cm³/mol. The van der Waals surface area contributed by atoms with E-state index in [1.165, 1.54) is 11.1 Å². The smallest absolute Gasteiger partial charge is 0.118 e. The molecular formula is C14H22Cl2O2. The number of hydrogen-bond acceptors (Lipinski definition) is 2. The molecule has 1 aliphatic rings. The number of allylic oxidation sites excluding steroid dienone is 3. The summed E-state index contributed by atoms with van der Waals surface area (Å²) in [5.74, 6) is 2.81. The molecule has 0 fully saturated rings. The molecule has 0 aromatic carbocycles. The van der Waals surface area contributed by atoms with Crippen LogP contribution in [0.4, 0.5) is 0 Å². The van der Waals surface area contributed by atoms with Crippen LogP contribution >= 0.6 is 23.2 Å². The minimum atomic E-state index is 0.489. The Balaban J connectivity index is 2.73. The highest BCUT2D eigenvalue weighted by Crippen LogP contribution is 2.33. The second-order valence-corrected chi connectivity index (χ2v) is 5.26. The highest BCUT2D eigenvalue weighted by Gasteiger charge is 2.21. The maximum absolute atomic E-state index is 5.87. The number of alkyl halides is 2. The Morgan fingerprint density at radius 3 is 2.67 bits per heavy atom. The zero-order valence-electron chi connectivity index (χ0n) is 11.2. The van der Waals surface area contributed by atoms with Crippen molar-refractivity contribution in [2.75, 3.05) is 32.1 Å². The van der Waals surface area contributed by atoms with Gasteiger partial charge in [-0.15, -0.1) is 23.2 Å². The largest absolute Gasteiger partial charge is 0.491 e. The molecule has 1 rings (SSSR count). The number of methoxy groups -OCH3 is 1. The van der Waals surface area contributed by atoms with Gasteiger partial charge in [-0.3, -0.25) is 0 Å². The summed E-state index contributed by atoms with van der Waals surface area (Å²) in [7, 11) is 1.68. The van der Waals surface area contributed by atoms with Gasteiger partial charge in [-0.05, 0) is 43.8 Å². The Morgan fingerprint density at radius 2 is 2.06 bits per heavy atom. The minimum Gasteiger partial charge on any atom is -0.491 e. The molecule has 0 amide bonds. The van der Waals surface area contributed by atoms with Crippen LogP contribution in [0.15, 0.2) is 23.0 Å². The topological polar surface area (TPSA) is 18.5 Å². The number of hydrogen-bond donors (Lipinski definition) is 0. The molecule has 104 valence electrons.